The van der Waals surface area contributed by atoms with Gasteiger partial charge in [0.25, 0.3) is 5.91 Å². The number of para-hydroxylation sites is 1. The van der Waals surface area contributed by atoms with Crippen molar-refractivity contribution in [2.24, 2.45) is 15.3 Å². The Morgan fingerprint density at radius 1 is 0.882 bits per heavy atom. The highest BCUT2D eigenvalue weighted by molar-refractivity contribution is 5.99. The molecule has 0 unspecified atom stereocenters. The Hall–Kier alpha value is -4.04. The molecule has 34 heavy (non-hydrogen) atoms. The van der Waals surface area contributed by atoms with E-state index in [1.807, 2.05) is 60.7 Å². The van der Waals surface area contributed by atoms with Crippen molar-refractivity contribution in [3.05, 3.63) is 90.5 Å². The third-order valence-corrected chi connectivity index (χ3v) is 5.51. The zero-order valence-corrected chi connectivity index (χ0v) is 19.2. The molecule has 174 valence electrons. The van der Waals surface area contributed by atoms with Crippen LogP contribution in [0.4, 0.5) is 11.4 Å². The van der Waals surface area contributed by atoms with Crippen LogP contribution in [-0.4, -0.2) is 56.5 Å². The van der Waals surface area contributed by atoms with Crippen LogP contribution in [0.1, 0.15) is 5.56 Å². The van der Waals surface area contributed by atoms with Crippen LogP contribution < -0.4 is 15.1 Å². The second-order valence-electron chi connectivity index (χ2n) is 7.83. The van der Waals surface area contributed by atoms with Crippen LogP contribution in [0.2, 0.25) is 0 Å². The van der Waals surface area contributed by atoms with Crippen molar-refractivity contribution in [2.45, 2.75) is 0 Å². The van der Waals surface area contributed by atoms with Crippen molar-refractivity contribution < 1.29 is 9.53 Å². The van der Waals surface area contributed by atoms with Gasteiger partial charge in [-0.1, -0.05) is 48.5 Å². The van der Waals surface area contributed by atoms with E-state index >= 15 is 0 Å². The van der Waals surface area contributed by atoms with Gasteiger partial charge >= 0.3 is 0 Å². The number of carbonyl (C=O) groups is 1. The Bertz CT molecular complexity index is 1110. The monoisotopic (exact) mass is 456 g/mol. The van der Waals surface area contributed by atoms with E-state index in [-0.39, 0.29) is 12.5 Å². The lowest BCUT2D eigenvalue weighted by Gasteiger charge is -2.35. The van der Waals surface area contributed by atoms with Crippen molar-refractivity contribution in [2.75, 3.05) is 44.7 Å². The lowest BCUT2D eigenvalue weighted by atomic mass is 10.2. The van der Waals surface area contributed by atoms with Crippen LogP contribution >= 0.6 is 0 Å². The molecule has 1 saturated heterocycles. The molecule has 8 nitrogen and oxygen atoms in total. The number of amidine groups is 1. The molecule has 1 fully saturated rings. The first kappa shape index (κ1) is 23.1. The Kier molecular flexibility index (Phi) is 7.97. The van der Waals surface area contributed by atoms with E-state index < -0.39 is 0 Å². The first-order chi connectivity index (χ1) is 16.7. The van der Waals surface area contributed by atoms with Gasteiger partial charge in [-0.05, 0) is 36.4 Å². The number of hydrogen-bond donors (Lipinski definition) is 1. The van der Waals surface area contributed by atoms with E-state index in [2.05, 4.69) is 42.7 Å². The van der Waals surface area contributed by atoms with E-state index in [9.17, 15) is 4.79 Å². The number of benzene rings is 3. The largest absolute Gasteiger partial charge is 0.497 e. The van der Waals surface area contributed by atoms with Gasteiger partial charge in [0.15, 0.2) is 0 Å². The molecule has 8 heteroatoms. The SMILES string of the molecule is COc1ccc(N=N/C(=N\NC(=O)CN2CCN(c3ccccc3)CC2)c2ccccc2)cc1. The summed E-state index contributed by atoms with van der Waals surface area (Å²) in [5, 5.41) is 12.8. The minimum Gasteiger partial charge on any atom is -0.497 e. The Morgan fingerprint density at radius 2 is 1.53 bits per heavy atom. The van der Waals surface area contributed by atoms with Gasteiger partial charge in [0, 0.05) is 37.4 Å². The maximum Gasteiger partial charge on any atom is 0.254 e. The fourth-order valence-corrected chi connectivity index (χ4v) is 3.64. The molecule has 1 aliphatic rings. The van der Waals surface area contributed by atoms with Gasteiger partial charge in [-0.25, -0.2) is 5.43 Å². The zero-order chi connectivity index (χ0) is 23.6. The first-order valence-electron chi connectivity index (χ1n) is 11.2. The van der Waals surface area contributed by atoms with Crippen LogP contribution in [0.3, 0.4) is 0 Å². The second kappa shape index (κ2) is 11.7. The van der Waals surface area contributed by atoms with E-state index in [0.717, 1.165) is 37.5 Å². The third kappa shape index (κ3) is 6.49. The molecule has 0 saturated carbocycles. The highest BCUT2D eigenvalue weighted by Crippen LogP contribution is 2.19. The minimum absolute atomic E-state index is 0.179. The molecule has 0 atom stereocenters. The van der Waals surface area contributed by atoms with Gasteiger partial charge in [-0.15, -0.1) is 10.2 Å². The average molecular weight is 457 g/mol. The molecule has 1 N–H and O–H groups in total. The summed E-state index contributed by atoms with van der Waals surface area (Å²) in [5.41, 5.74) is 5.28. The van der Waals surface area contributed by atoms with Crippen molar-refractivity contribution >= 4 is 23.1 Å². The highest BCUT2D eigenvalue weighted by atomic mass is 16.5. The normalized spacial score (nSPS) is 14.9. The van der Waals surface area contributed by atoms with Crippen molar-refractivity contribution in [1.29, 1.82) is 0 Å². The van der Waals surface area contributed by atoms with Crippen LogP contribution in [0.15, 0.2) is 100 Å². The fourth-order valence-electron chi connectivity index (χ4n) is 3.64. The first-order valence-corrected chi connectivity index (χ1v) is 11.2. The summed E-state index contributed by atoms with van der Waals surface area (Å²) < 4.78 is 5.17. The number of azo groups is 1. The number of amides is 1. The molecule has 0 spiro atoms. The summed E-state index contributed by atoms with van der Waals surface area (Å²) >= 11 is 0. The number of carbonyl (C=O) groups excluding carboxylic acids is 1. The van der Waals surface area contributed by atoms with E-state index in [0.29, 0.717) is 11.5 Å². The molecule has 3 aromatic carbocycles. The van der Waals surface area contributed by atoms with Gasteiger partial charge in [0.1, 0.15) is 5.75 Å². The van der Waals surface area contributed by atoms with Gasteiger partial charge in [0.2, 0.25) is 5.84 Å². The second-order valence-corrected chi connectivity index (χ2v) is 7.83. The number of methoxy groups -OCH3 is 1. The molecule has 0 aromatic heterocycles. The summed E-state index contributed by atoms with van der Waals surface area (Å²) in [6.07, 6.45) is 0. The fraction of sp³-hybridized carbons (Fsp3) is 0.231. The summed E-state index contributed by atoms with van der Waals surface area (Å²) in [7, 11) is 1.61. The summed E-state index contributed by atoms with van der Waals surface area (Å²) in [6.45, 7) is 3.67. The molecule has 1 aliphatic heterocycles. The predicted molar refractivity (Wildman–Crippen MR) is 134 cm³/mol. The van der Waals surface area contributed by atoms with Crippen LogP contribution in [-0.2, 0) is 4.79 Å². The standard InChI is InChI=1S/C26H28N6O2/c1-34-24-14-12-22(13-15-24)27-29-26(21-8-4-2-5-9-21)30-28-25(33)20-31-16-18-32(19-17-31)23-10-6-3-7-11-23/h2-15H,16-20H2,1H3,(H,28,33)/b29-27?,30-26-. The molecule has 3 aromatic rings. The number of rotatable bonds is 7. The van der Waals surface area contributed by atoms with Gasteiger partial charge < -0.3 is 9.64 Å². The summed E-state index contributed by atoms with van der Waals surface area (Å²) in [6, 6.07) is 27.0. The number of hydrazone groups is 1. The zero-order valence-electron chi connectivity index (χ0n) is 19.2. The Morgan fingerprint density at radius 3 is 2.18 bits per heavy atom. The molecule has 0 radical (unpaired) electrons. The summed E-state index contributed by atoms with van der Waals surface area (Å²) in [4.78, 5) is 17.0. The van der Waals surface area contributed by atoms with E-state index in [1.54, 1.807) is 19.2 Å². The number of nitrogens with zero attached hydrogens (tertiary/aromatic N) is 5. The Balaban J connectivity index is 1.36. The number of anilines is 1. The quantitative estimate of drug-likeness (QED) is 0.251. The lowest BCUT2D eigenvalue weighted by molar-refractivity contribution is -0.122. The van der Waals surface area contributed by atoms with Crippen LogP contribution in [0.5, 0.6) is 5.75 Å². The van der Waals surface area contributed by atoms with E-state index in [4.69, 9.17) is 4.74 Å². The van der Waals surface area contributed by atoms with Crippen molar-refractivity contribution in [1.82, 2.24) is 10.3 Å². The minimum atomic E-state index is -0.179. The van der Waals surface area contributed by atoms with Crippen molar-refractivity contribution in [3.63, 3.8) is 0 Å². The molecule has 1 amide bonds. The molecule has 4 rings (SSSR count). The average Bonchev–Trinajstić information content (AvgIpc) is 2.90. The van der Waals surface area contributed by atoms with E-state index in [1.165, 1.54) is 5.69 Å². The number of piperazine rings is 1. The van der Waals surface area contributed by atoms with Crippen LogP contribution in [0.25, 0.3) is 0 Å². The molecular weight excluding hydrogens is 428 g/mol. The highest BCUT2D eigenvalue weighted by Gasteiger charge is 2.19. The molecule has 1 heterocycles. The van der Waals surface area contributed by atoms with Crippen molar-refractivity contribution in [3.8, 4) is 5.75 Å². The maximum absolute atomic E-state index is 12.6. The Labute approximate surface area is 199 Å². The van der Waals surface area contributed by atoms with Crippen LogP contribution in [0, 0.1) is 0 Å². The molecular formula is C26H28N6O2. The molecule has 0 aliphatic carbocycles. The molecule has 0 bridgehead atoms. The number of nitrogens with one attached hydrogen (secondary N) is 1. The lowest BCUT2D eigenvalue weighted by Crippen LogP contribution is -2.49. The summed E-state index contributed by atoms with van der Waals surface area (Å²) in [5.74, 6) is 0.896. The number of ether oxygens (including phenoxy) is 1. The van der Waals surface area contributed by atoms with Gasteiger partial charge in [-0.2, -0.15) is 5.10 Å². The number of hydrogen-bond acceptors (Lipinski definition) is 6. The third-order valence-electron chi connectivity index (χ3n) is 5.51. The predicted octanol–water partition coefficient (Wildman–Crippen LogP) is 4.08. The van der Waals surface area contributed by atoms with Gasteiger partial charge in [-0.3, -0.25) is 9.69 Å². The maximum atomic E-state index is 12.6. The topological polar surface area (TPSA) is 81.9 Å². The van der Waals surface area contributed by atoms with Gasteiger partial charge in [0.05, 0.1) is 19.3 Å². The smallest absolute Gasteiger partial charge is 0.254 e.